The Morgan fingerprint density at radius 2 is 2.00 bits per heavy atom. The number of hydrogen-bond donors (Lipinski definition) is 0. The van der Waals surface area contributed by atoms with E-state index in [0.29, 0.717) is 12.2 Å². The van der Waals surface area contributed by atoms with E-state index in [-0.39, 0.29) is 17.7 Å². The molecule has 0 N–H and O–H groups in total. The van der Waals surface area contributed by atoms with Crippen molar-refractivity contribution >= 4 is 5.97 Å². The molecule has 0 bridgehead atoms. The molecule has 1 aromatic rings. The first kappa shape index (κ1) is 10.2. The summed E-state index contributed by atoms with van der Waals surface area (Å²) in [5.41, 5.74) is 0.452. The highest BCUT2D eigenvalue weighted by atomic mass is 16.6. The van der Waals surface area contributed by atoms with E-state index in [0.717, 1.165) is 0 Å². The van der Waals surface area contributed by atoms with Gasteiger partial charge in [-0.15, -0.1) is 0 Å². The molecular weight excluding hydrogens is 192 g/mol. The second-order valence-electron chi connectivity index (χ2n) is 4.17. The molecule has 1 aliphatic rings. The highest BCUT2D eigenvalue weighted by Gasteiger charge is 2.48. The molecule has 3 nitrogen and oxygen atoms in total. The zero-order chi connectivity index (χ0) is 10.9. The maximum absolute atomic E-state index is 11.5. The van der Waals surface area contributed by atoms with Crippen LogP contribution in [0.4, 0.5) is 0 Å². The smallest absolute Gasteiger partial charge is 0.338 e. The number of carbonyl (C=O) groups is 1. The average molecular weight is 206 g/mol. The molecule has 1 atom stereocenters. The molecule has 1 fully saturated rings. The van der Waals surface area contributed by atoms with Crippen LogP contribution in [-0.2, 0) is 9.47 Å². The van der Waals surface area contributed by atoms with E-state index in [9.17, 15) is 4.79 Å². The summed E-state index contributed by atoms with van der Waals surface area (Å²) < 4.78 is 10.4. The maximum atomic E-state index is 11.5. The van der Waals surface area contributed by atoms with Crippen LogP contribution in [0.2, 0.25) is 0 Å². The molecule has 80 valence electrons. The van der Waals surface area contributed by atoms with E-state index in [4.69, 9.17) is 9.47 Å². The Morgan fingerprint density at radius 3 is 2.53 bits per heavy atom. The summed E-state index contributed by atoms with van der Waals surface area (Å²) in [5, 5.41) is 0. The fraction of sp³-hybridized carbons (Fsp3) is 0.417. The van der Waals surface area contributed by atoms with Gasteiger partial charge in [-0.3, -0.25) is 0 Å². The number of rotatable bonds is 3. The lowest BCUT2D eigenvalue weighted by atomic mass is 10.1. The third-order valence-corrected chi connectivity index (χ3v) is 2.54. The summed E-state index contributed by atoms with van der Waals surface area (Å²) in [6.45, 7) is 4.29. The van der Waals surface area contributed by atoms with E-state index in [2.05, 4.69) is 0 Å². The predicted octanol–water partition coefficient (Wildman–Crippen LogP) is 2.02. The molecular formula is C12H14O3. The second kappa shape index (κ2) is 3.66. The number of hydrogen-bond acceptors (Lipinski definition) is 3. The number of benzene rings is 1. The van der Waals surface area contributed by atoms with Gasteiger partial charge in [-0.1, -0.05) is 18.2 Å². The van der Waals surface area contributed by atoms with Crippen molar-refractivity contribution in [3.05, 3.63) is 35.9 Å². The molecule has 15 heavy (non-hydrogen) atoms. The minimum atomic E-state index is -0.290. The van der Waals surface area contributed by atoms with Gasteiger partial charge in [0.15, 0.2) is 0 Å². The normalized spacial score (nSPS) is 22.1. The van der Waals surface area contributed by atoms with Gasteiger partial charge in [0.1, 0.15) is 12.7 Å². The molecule has 1 aliphatic heterocycles. The van der Waals surface area contributed by atoms with E-state index in [1.165, 1.54) is 0 Å². The summed E-state index contributed by atoms with van der Waals surface area (Å²) in [5.74, 6) is -0.290. The van der Waals surface area contributed by atoms with Crippen molar-refractivity contribution < 1.29 is 14.3 Å². The van der Waals surface area contributed by atoms with E-state index >= 15 is 0 Å². The van der Waals surface area contributed by atoms with E-state index < -0.39 is 0 Å². The Kier molecular flexibility index (Phi) is 2.49. The van der Waals surface area contributed by atoms with Gasteiger partial charge >= 0.3 is 5.97 Å². The van der Waals surface area contributed by atoms with Gasteiger partial charge in [-0.25, -0.2) is 4.79 Å². The lowest BCUT2D eigenvalue weighted by Gasteiger charge is -2.02. The fourth-order valence-electron chi connectivity index (χ4n) is 1.38. The number of epoxide rings is 1. The van der Waals surface area contributed by atoms with E-state index in [1.807, 2.05) is 32.0 Å². The third kappa shape index (κ3) is 2.36. The van der Waals surface area contributed by atoms with Gasteiger partial charge in [-0.05, 0) is 26.0 Å². The van der Waals surface area contributed by atoms with Crippen molar-refractivity contribution in [1.29, 1.82) is 0 Å². The van der Waals surface area contributed by atoms with Crippen LogP contribution in [0.3, 0.4) is 0 Å². The SMILES string of the molecule is CC1(C)O[C@@H]1COC(=O)c1ccccc1. The molecule has 2 rings (SSSR count). The highest BCUT2D eigenvalue weighted by molar-refractivity contribution is 5.89. The Bertz CT molecular complexity index is 356. The van der Waals surface area contributed by atoms with Crippen molar-refractivity contribution in [3.63, 3.8) is 0 Å². The van der Waals surface area contributed by atoms with Crippen LogP contribution in [0.15, 0.2) is 30.3 Å². The number of esters is 1. The number of carbonyl (C=O) groups excluding carboxylic acids is 1. The third-order valence-electron chi connectivity index (χ3n) is 2.54. The second-order valence-corrected chi connectivity index (χ2v) is 4.17. The van der Waals surface area contributed by atoms with Gasteiger partial charge in [0.2, 0.25) is 0 Å². The number of ether oxygens (including phenoxy) is 2. The van der Waals surface area contributed by atoms with Crippen LogP contribution in [0, 0.1) is 0 Å². The zero-order valence-electron chi connectivity index (χ0n) is 8.90. The van der Waals surface area contributed by atoms with Crippen molar-refractivity contribution in [2.75, 3.05) is 6.61 Å². The minimum absolute atomic E-state index is 0.0464. The molecule has 0 spiro atoms. The summed E-state index contributed by atoms with van der Waals surface area (Å²) in [6.07, 6.45) is 0.0464. The standard InChI is InChI=1S/C12H14O3/c1-12(2)10(15-12)8-14-11(13)9-6-4-3-5-7-9/h3-7,10H,8H2,1-2H3/t10-/m1/s1. The minimum Gasteiger partial charge on any atom is -0.459 e. The monoisotopic (exact) mass is 206 g/mol. The van der Waals surface area contributed by atoms with Crippen LogP contribution in [0.5, 0.6) is 0 Å². The Hall–Kier alpha value is -1.35. The summed E-state index contributed by atoms with van der Waals surface area (Å²) in [7, 11) is 0. The van der Waals surface area contributed by atoms with Crippen LogP contribution < -0.4 is 0 Å². The van der Waals surface area contributed by atoms with Gasteiger partial charge in [0.05, 0.1) is 11.2 Å². The summed E-state index contributed by atoms with van der Waals surface area (Å²) in [6, 6.07) is 8.97. The molecule has 0 aliphatic carbocycles. The van der Waals surface area contributed by atoms with Crippen LogP contribution >= 0.6 is 0 Å². The topological polar surface area (TPSA) is 38.8 Å². The molecule has 1 saturated heterocycles. The molecule has 0 radical (unpaired) electrons. The fourth-order valence-corrected chi connectivity index (χ4v) is 1.38. The Labute approximate surface area is 89.0 Å². The van der Waals surface area contributed by atoms with Crippen LogP contribution in [0.25, 0.3) is 0 Å². The highest BCUT2D eigenvalue weighted by Crippen LogP contribution is 2.35. The lowest BCUT2D eigenvalue weighted by Crippen LogP contribution is -2.14. The first-order valence-electron chi connectivity index (χ1n) is 4.99. The first-order chi connectivity index (χ1) is 7.09. The predicted molar refractivity (Wildman–Crippen MR) is 55.7 cm³/mol. The van der Waals surface area contributed by atoms with Gasteiger partial charge in [0.25, 0.3) is 0 Å². The van der Waals surface area contributed by atoms with Crippen molar-refractivity contribution in [2.24, 2.45) is 0 Å². The van der Waals surface area contributed by atoms with Gasteiger partial charge in [-0.2, -0.15) is 0 Å². The molecule has 1 aromatic carbocycles. The van der Waals surface area contributed by atoms with Crippen molar-refractivity contribution in [1.82, 2.24) is 0 Å². The van der Waals surface area contributed by atoms with Crippen LogP contribution in [-0.4, -0.2) is 24.3 Å². The largest absolute Gasteiger partial charge is 0.459 e. The Morgan fingerprint density at radius 1 is 1.40 bits per heavy atom. The summed E-state index contributed by atoms with van der Waals surface area (Å²) in [4.78, 5) is 11.5. The molecule has 0 amide bonds. The zero-order valence-corrected chi connectivity index (χ0v) is 8.90. The van der Waals surface area contributed by atoms with Gasteiger partial charge < -0.3 is 9.47 Å². The van der Waals surface area contributed by atoms with Crippen molar-refractivity contribution in [3.8, 4) is 0 Å². The van der Waals surface area contributed by atoms with Crippen molar-refractivity contribution in [2.45, 2.75) is 25.6 Å². The first-order valence-corrected chi connectivity index (χ1v) is 4.99. The summed E-state index contributed by atoms with van der Waals surface area (Å²) >= 11 is 0. The lowest BCUT2D eigenvalue weighted by molar-refractivity contribution is 0.0476. The average Bonchev–Trinajstić information content (AvgIpc) is 2.84. The molecule has 0 saturated carbocycles. The molecule has 1 heterocycles. The quantitative estimate of drug-likeness (QED) is 0.561. The van der Waals surface area contributed by atoms with Crippen LogP contribution in [0.1, 0.15) is 24.2 Å². The van der Waals surface area contributed by atoms with E-state index in [1.54, 1.807) is 12.1 Å². The Balaban J connectivity index is 1.84. The molecule has 0 unspecified atom stereocenters. The molecule has 3 heteroatoms. The molecule has 0 aromatic heterocycles. The maximum Gasteiger partial charge on any atom is 0.338 e. The van der Waals surface area contributed by atoms with Gasteiger partial charge in [0, 0.05) is 0 Å².